The van der Waals surface area contributed by atoms with Crippen LogP contribution in [-0.2, 0) is 17.8 Å². The summed E-state index contributed by atoms with van der Waals surface area (Å²) in [7, 11) is 1.61. The van der Waals surface area contributed by atoms with E-state index >= 15 is 0 Å². The Kier molecular flexibility index (Phi) is 8.30. The van der Waals surface area contributed by atoms with E-state index in [-0.39, 0.29) is 11.9 Å². The molecule has 1 heterocycles. The number of nitrogens with one attached hydrogen (secondary N) is 2. The normalized spacial score (nSPS) is 14.6. The molecule has 1 saturated heterocycles. The molecule has 0 aromatic heterocycles. The second-order valence-electron chi connectivity index (χ2n) is 9.00. The fraction of sp³-hybridized carbons (Fsp3) is 0.440. The highest BCUT2D eigenvalue weighted by Crippen LogP contribution is 2.14. The molecule has 0 saturated carbocycles. The lowest BCUT2D eigenvalue weighted by Crippen LogP contribution is -2.52. The van der Waals surface area contributed by atoms with E-state index in [0.29, 0.717) is 38.3 Å². The second kappa shape index (κ2) is 11.2. The fourth-order valence-electron chi connectivity index (χ4n) is 3.80. The van der Waals surface area contributed by atoms with E-state index < -0.39 is 5.60 Å². The monoisotopic (exact) mass is 454 g/mol. The van der Waals surface area contributed by atoms with Crippen LogP contribution < -0.4 is 15.4 Å². The van der Waals surface area contributed by atoms with Crippen molar-refractivity contribution in [2.24, 2.45) is 0 Å². The molecule has 178 valence electrons. The zero-order valence-electron chi connectivity index (χ0n) is 19.6. The largest absolute Gasteiger partial charge is 0.497 e. The van der Waals surface area contributed by atoms with Gasteiger partial charge in [-0.2, -0.15) is 0 Å². The molecule has 8 heteroatoms. The average molecular weight is 455 g/mol. The first-order valence-electron chi connectivity index (χ1n) is 11.2. The van der Waals surface area contributed by atoms with E-state index in [1.165, 1.54) is 0 Å². The number of anilines is 1. The predicted molar refractivity (Wildman–Crippen MR) is 128 cm³/mol. The summed E-state index contributed by atoms with van der Waals surface area (Å²) >= 11 is 0. The number of hydrogen-bond acceptors (Lipinski definition) is 5. The molecule has 0 bridgehead atoms. The average Bonchev–Trinajstić information content (AvgIpc) is 2.79. The lowest BCUT2D eigenvalue weighted by molar-refractivity contribution is -0.132. The lowest BCUT2D eigenvalue weighted by atomic mass is 10.1. The fourth-order valence-corrected chi connectivity index (χ4v) is 3.80. The molecule has 1 aliphatic heterocycles. The number of ether oxygens (including phenoxy) is 1. The summed E-state index contributed by atoms with van der Waals surface area (Å²) in [5.74, 6) is 0.866. The molecule has 3 N–H and O–H groups in total. The van der Waals surface area contributed by atoms with Crippen LogP contribution in [0, 0.1) is 0 Å². The lowest BCUT2D eigenvalue weighted by Gasteiger charge is -2.37. The molecule has 33 heavy (non-hydrogen) atoms. The molecule has 0 radical (unpaired) electrons. The molecule has 2 aromatic rings. The van der Waals surface area contributed by atoms with Gasteiger partial charge in [0.05, 0.1) is 19.1 Å². The Morgan fingerprint density at radius 2 is 1.58 bits per heavy atom. The first-order chi connectivity index (χ1) is 15.7. The van der Waals surface area contributed by atoms with Gasteiger partial charge in [0.15, 0.2) is 0 Å². The van der Waals surface area contributed by atoms with Gasteiger partial charge in [-0.15, -0.1) is 0 Å². The number of hydrogen-bond donors (Lipinski definition) is 3. The number of aliphatic hydroxyl groups is 1. The SMILES string of the molecule is COc1ccc(CNC(=O)Nc2ccc(CC(=O)N3CCN(CC(C)(C)O)CC3)cc2)cc1. The molecule has 3 amide bonds. The number of piperazine rings is 1. The Hall–Kier alpha value is -3.10. The number of nitrogens with zero attached hydrogens (tertiary/aromatic N) is 2. The van der Waals surface area contributed by atoms with Gasteiger partial charge in [-0.3, -0.25) is 9.69 Å². The predicted octanol–water partition coefficient (Wildman–Crippen LogP) is 2.47. The van der Waals surface area contributed by atoms with Gasteiger partial charge in [0.25, 0.3) is 0 Å². The summed E-state index contributed by atoms with van der Waals surface area (Å²) in [6, 6.07) is 14.5. The minimum atomic E-state index is -0.728. The van der Waals surface area contributed by atoms with Gasteiger partial charge in [-0.05, 0) is 49.2 Å². The van der Waals surface area contributed by atoms with Crippen LogP contribution >= 0.6 is 0 Å². The van der Waals surface area contributed by atoms with Gasteiger partial charge < -0.3 is 25.4 Å². The Bertz CT molecular complexity index is 915. The highest BCUT2D eigenvalue weighted by molar-refractivity contribution is 5.89. The molecule has 0 spiro atoms. The number of urea groups is 1. The summed E-state index contributed by atoms with van der Waals surface area (Å²) < 4.78 is 5.13. The van der Waals surface area contributed by atoms with Crippen molar-refractivity contribution < 1.29 is 19.4 Å². The standard InChI is InChI=1S/C25H34N4O4/c1-25(2,32)18-28-12-14-29(15-13-28)23(30)16-19-4-8-21(9-5-19)27-24(31)26-17-20-6-10-22(33-3)11-7-20/h4-11,32H,12-18H2,1-3H3,(H2,26,27,31). The number of β-amino-alcohol motifs (C(OH)–C–C–N with tert-alkyl or cyclic N) is 1. The maximum Gasteiger partial charge on any atom is 0.319 e. The van der Waals surface area contributed by atoms with Crippen LogP contribution in [0.25, 0.3) is 0 Å². The quantitative estimate of drug-likeness (QED) is 0.570. The first kappa shape index (κ1) is 24.5. The summed E-state index contributed by atoms with van der Waals surface area (Å²) in [5.41, 5.74) is 1.82. The third-order valence-corrected chi connectivity index (χ3v) is 5.51. The number of methoxy groups -OCH3 is 1. The van der Waals surface area contributed by atoms with Crippen molar-refractivity contribution in [2.45, 2.75) is 32.4 Å². The molecular weight excluding hydrogens is 420 g/mol. The number of carbonyl (C=O) groups excluding carboxylic acids is 2. The number of benzene rings is 2. The summed E-state index contributed by atoms with van der Waals surface area (Å²) in [5, 5.41) is 15.6. The van der Waals surface area contributed by atoms with E-state index in [0.717, 1.165) is 30.0 Å². The maximum absolute atomic E-state index is 12.7. The number of carbonyl (C=O) groups is 2. The van der Waals surface area contributed by atoms with Crippen molar-refractivity contribution in [3.63, 3.8) is 0 Å². The van der Waals surface area contributed by atoms with Crippen molar-refractivity contribution in [1.82, 2.24) is 15.1 Å². The van der Waals surface area contributed by atoms with Gasteiger partial charge in [0, 0.05) is 45.0 Å². The third kappa shape index (κ3) is 8.07. The number of amides is 3. The van der Waals surface area contributed by atoms with Crippen molar-refractivity contribution in [2.75, 3.05) is 45.2 Å². The van der Waals surface area contributed by atoms with E-state index in [2.05, 4.69) is 15.5 Å². The molecule has 0 unspecified atom stereocenters. The van der Waals surface area contributed by atoms with E-state index in [9.17, 15) is 14.7 Å². The minimum Gasteiger partial charge on any atom is -0.497 e. The summed E-state index contributed by atoms with van der Waals surface area (Å²) in [4.78, 5) is 28.9. The summed E-state index contributed by atoms with van der Waals surface area (Å²) in [6.45, 7) is 7.49. The van der Waals surface area contributed by atoms with E-state index in [4.69, 9.17) is 4.74 Å². The molecule has 1 fully saturated rings. The molecule has 3 rings (SSSR count). The maximum atomic E-state index is 12.7. The van der Waals surface area contributed by atoms with Crippen LogP contribution in [0.4, 0.5) is 10.5 Å². The van der Waals surface area contributed by atoms with Crippen LogP contribution in [0.2, 0.25) is 0 Å². The van der Waals surface area contributed by atoms with Crippen molar-refractivity contribution in [3.8, 4) is 5.75 Å². The van der Waals surface area contributed by atoms with Gasteiger partial charge in [0.1, 0.15) is 5.75 Å². The smallest absolute Gasteiger partial charge is 0.319 e. The van der Waals surface area contributed by atoms with Crippen LogP contribution in [0.5, 0.6) is 5.75 Å². The van der Waals surface area contributed by atoms with Crippen LogP contribution in [0.1, 0.15) is 25.0 Å². The zero-order valence-corrected chi connectivity index (χ0v) is 19.6. The highest BCUT2D eigenvalue weighted by atomic mass is 16.5. The molecule has 2 aromatic carbocycles. The second-order valence-corrected chi connectivity index (χ2v) is 9.00. The molecule has 0 atom stereocenters. The van der Waals surface area contributed by atoms with Gasteiger partial charge in [-0.1, -0.05) is 24.3 Å². The highest BCUT2D eigenvalue weighted by Gasteiger charge is 2.24. The van der Waals surface area contributed by atoms with E-state index in [1.54, 1.807) is 33.1 Å². The van der Waals surface area contributed by atoms with Crippen molar-refractivity contribution in [3.05, 3.63) is 59.7 Å². The van der Waals surface area contributed by atoms with Gasteiger partial charge >= 0.3 is 6.03 Å². The van der Waals surface area contributed by atoms with Crippen molar-refractivity contribution >= 4 is 17.6 Å². The van der Waals surface area contributed by atoms with Crippen LogP contribution in [0.3, 0.4) is 0 Å². The molecular formula is C25H34N4O4. The number of rotatable bonds is 8. The van der Waals surface area contributed by atoms with Crippen molar-refractivity contribution in [1.29, 1.82) is 0 Å². The Morgan fingerprint density at radius 3 is 2.15 bits per heavy atom. The topological polar surface area (TPSA) is 94.1 Å². The minimum absolute atomic E-state index is 0.0934. The van der Waals surface area contributed by atoms with Gasteiger partial charge in [-0.25, -0.2) is 4.79 Å². The molecule has 1 aliphatic rings. The van der Waals surface area contributed by atoms with Gasteiger partial charge in [0.2, 0.25) is 5.91 Å². The van der Waals surface area contributed by atoms with Crippen LogP contribution in [0.15, 0.2) is 48.5 Å². The molecule has 8 nitrogen and oxygen atoms in total. The van der Waals surface area contributed by atoms with Crippen LogP contribution in [-0.4, -0.2) is 72.3 Å². The third-order valence-electron chi connectivity index (χ3n) is 5.51. The van der Waals surface area contributed by atoms with E-state index in [1.807, 2.05) is 41.3 Å². The first-order valence-corrected chi connectivity index (χ1v) is 11.2. The molecule has 0 aliphatic carbocycles. The Morgan fingerprint density at radius 1 is 0.970 bits per heavy atom. The summed E-state index contributed by atoms with van der Waals surface area (Å²) in [6.07, 6.45) is 0.329. The Balaban J connectivity index is 1.41. The zero-order chi connectivity index (χ0) is 23.8. The Labute approximate surface area is 195 Å².